The Morgan fingerprint density at radius 1 is 1.29 bits per heavy atom. The average Bonchev–Trinajstić information content (AvgIpc) is 3.38. The Morgan fingerprint density at radius 3 is 2.69 bits per heavy atom. The van der Waals surface area contributed by atoms with E-state index in [1.54, 1.807) is 4.90 Å². The van der Waals surface area contributed by atoms with Crippen molar-refractivity contribution in [2.24, 2.45) is 5.41 Å². The molecule has 2 aliphatic rings. The van der Waals surface area contributed by atoms with Gasteiger partial charge in [-0.3, -0.25) is 9.69 Å². The predicted octanol–water partition coefficient (Wildman–Crippen LogP) is 5.91. The molecule has 192 valence electrons. The lowest BCUT2D eigenvalue weighted by molar-refractivity contribution is -0.121. The Balaban J connectivity index is 1.70. The first-order valence-electron chi connectivity index (χ1n) is 12.4. The first-order chi connectivity index (χ1) is 16.5. The summed E-state index contributed by atoms with van der Waals surface area (Å²) in [5.74, 6) is 0.267. The molecule has 0 radical (unpaired) electrons. The molecule has 1 aliphatic carbocycles. The Kier molecular flexibility index (Phi) is 8.81. The van der Waals surface area contributed by atoms with Crippen LogP contribution in [0.2, 0.25) is 0 Å². The number of rotatable bonds is 11. The summed E-state index contributed by atoms with van der Waals surface area (Å²) in [4.78, 5) is 34.9. The largest absolute Gasteiger partial charge is 0.444 e. The smallest absolute Gasteiger partial charge is 0.411 e. The lowest BCUT2D eigenvalue weighted by atomic mass is 9.99. The quantitative estimate of drug-likeness (QED) is 0.212. The molecule has 0 spiro atoms. The Labute approximate surface area is 218 Å². The van der Waals surface area contributed by atoms with Crippen molar-refractivity contribution >= 4 is 33.7 Å². The van der Waals surface area contributed by atoms with E-state index < -0.39 is 17.7 Å². The van der Waals surface area contributed by atoms with Gasteiger partial charge in [0.1, 0.15) is 22.1 Å². The molecule has 1 aromatic rings. The van der Waals surface area contributed by atoms with Crippen LogP contribution in [-0.4, -0.2) is 58.1 Å². The number of carbonyl (C=O) groups is 2. The summed E-state index contributed by atoms with van der Waals surface area (Å²) in [6.45, 7) is 14.8. The molecule has 0 bridgehead atoms. The minimum absolute atomic E-state index is 0.0484. The third kappa shape index (κ3) is 6.94. The minimum Gasteiger partial charge on any atom is -0.444 e. The highest BCUT2D eigenvalue weighted by Crippen LogP contribution is 2.60. The molecule has 1 saturated carbocycles. The highest BCUT2D eigenvalue weighted by Gasteiger charge is 2.66. The number of fused-ring (bicyclic) bond motifs is 1. The van der Waals surface area contributed by atoms with Gasteiger partial charge in [-0.1, -0.05) is 24.6 Å². The van der Waals surface area contributed by atoms with Crippen LogP contribution in [0.15, 0.2) is 42.0 Å². The van der Waals surface area contributed by atoms with E-state index in [9.17, 15) is 9.59 Å². The fourth-order valence-electron chi connectivity index (χ4n) is 4.78. The molecule has 3 atom stereocenters. The van der Waals surface area contributed by atoms with E-state index in [2.05, 4.69) is 51.3 Å². The zero-order valence-electron chi connectivity index (χ0n) is 21.5. The summed E-state index contributed by atoms with van der Waals surface area (Å²) in [6, 6.07) is 3.18. The average molecular weight is 548 g/mol. The second kappa shape index (κ2) is 11.2. The molecule has 0 aromatic carbocycles. The number of hydrogen-bond acceptors (Lipinski definition) is 5. The number of anilines is 1. The Bertz CT molecular complexity index is 960. The fraction of sp³-hybridized carbons (Fsp3) is 0.593. The highest BCUT2D eigenvalue weighted by molar-refractivity contribution is 9.10. The lowest BCUT2D eigenvalue weighted by Gasteiger charge is -2.30. The maximum absolute atomic E-state index is 13.5. The predicted molar refractivity (Wildman–Crippen MR) is 143 cm³/mol. The van der Waals surface area contributed by atoms with Crippen molar-refractivity contribution in [2.75, 3.05) is 18.9 Å². The second-order valence-corrected chi connectivity index (χ2v) is 11.6. The van der Waals surface area contributed by atoms with Gasteiger partial charge in [0.25, 0.3) is 0 Å². The minimum atomic E-state index is -0.637. The number of likely N-dealkylation sites (tertiary alicyclic amines) is 1. The van der Waals surface area contributed by atoms with Crippen LogP contribution >= 0.6 is 15.9 Å². The number of nitrogens with zero attached hydrogens (tertiary/aromatic N) is 3. The number of hydrogen-bond donors (Lipinski definition) is 1. The van der Waals surface area contributed by atoms with Crippen molar-refractivity contribution < 1.29 is 14.3 Å². The number of aromatic nitrogens is 1. The first-order valence-corrected chi connectivity index (χ1v) is 13.2. The zero-order chi connectivity index (χ0) is 25.8. The van der Waals surface area contributed by atoms with Gasteiger partial charge in [0, 0.05) is 23.6 Å². The van der Waals surface area contributed by atoms with Crippen LogP contribution in [0.5, 0.6) is 0 Å². The van der Waals surface area contributed by atoms with Crippen molar-refractivity contribution in [2.45, 2.75) is 83.5 Å². The van der Waals surface area contributed by atoms with E-state index >= 15 is 0 Å². The van der Waals surface area contributed by atoms with Crippen LogP contribution in [0.1, 0.15) is 64.9 Å². The third-order valence-corrected chi connectivity index (χ3v) is 7.15. The summed E-state index contributed by atoms with van der Waals surface area (Å²) < 4.78 is 6.28. The zero-order valence-corrected chi connectivity index (χ0v) is 23.1. The molecule has 7 nitrogen and oxygen atoms in total. The topological polar surface area (TPSA) is 74.8 Å². The molecular weight excluding hydrogens is 508 g/mol. The standard InChI is InChI=1S/C27H39BrN4O3/c1-7-9-10-11-12-15-31(6)18-19-13-14-22(28)29-23(19)30-24(33)20-16-27(8-2)17-21(27)32(20)25(34)35-26(3,4)5/h7-8,13-14,20-21H,1-2,9-12,15-18H2,3-6H3,(H,29,30,33)/t20-,21+,27-/m0/s1. The van der Waals surface area contributed by atoms with Gasteiger partial charge < -0.3 is 15.0 Å². The number of ether oxygens (including phenoxy) is 1. The summed E-state index contributed by atoms with van der Waals surface area (Å²) >= 11 is 3.42. The molecule has 3 rings (SSSR count). The van der Waals surface area contributed by atoms with E-state index in [0.717, 1.165) is 44.2 Å². The van der Waals surface area contributed by atoms with Gasteiger partial charge in [0.2, 0.25) is 5.91 Å². The van der Waals surface area contributed by atoms with Gasteiger partial charge in [0.15, 0.2) is 0 Å². The highest BCUT2D eigenvalue weighted by atomic mass is 79.9. The van der Waals surface area contributed by atoms with Gasteiger partial charge in [-0.15, -0.1) is 13.2 Å². The van der Waals surface area contributed by atoms with Crippen molar-refractivity contribution in [3.8, 4) is 0 Å². The monoisotopic (exact) mass is 546 g/mol. The van der Waals surface area contributed by atoms with Gasteiger partial charge in [-0.05, 0) is 88.5 Å². The number of amides is 2. The van der Waals surface area contributed by atoms with Crippen LogP contribution in [0.3, 0.4) is 0 Å². The Hall–Kier alpha value is -2.19. The van der Waals surface area contributed by atoms with Crippen molar-refractivity contribution in [3.05, 3.63) is 47.6 Å². The van der Waals surface area contributed by atoms with Gasteiger partial charge in [-0.25, -0.2) is 9.78 Å². The normalized spacial score (nSPS) is 23.1. The first kappa shape index (κ1) is 27.4. The Morgan fingerprint density at radius 2 is 2.03 bits per heavy atom. The van der Waals surface area contributed by atoms with E-state index in [4.69, 9.17) is 4.74 Å². The van der Waals surface area contributed by atoms with Gasteiger partial charge in [-0.2, -0.15) is 0 Å². The summed E-state index contributed by atoms with van der Waals surface area (Å²) in [5, 5.41) is 3.01. The molecule has 8 heteroatoms. The van der Waals surface area contributed by atoms with E-state index in [1.165, 1.54) is 0 Å². The maximum Gasteiger partial charge on any atom is 0.411 e. The molecule has 2 fully saturated rings. The fourth-order valence-corrected chi connectivity index (χ4v) is 5.09. The summed E-state index contributed by atoms with van der Waals surface area (Å²) in [6.07, 6.45) is 9.21. The van der Waals surface area contributed by atoms with E-state index in [1.807, 2.05) is 45.1 Å². The van der Waals surface area contributed by atoms with Crippen molar-refractivity contribution in [3.63, 3.8) is 0 Å². The van der Waals surface area contributed by atoms with Crippen LogP contribution in [0.25, 0.3) is 0 Å². The molecule has 2 amide bonds. The van der Waals surface area contributed by atoms with Gasteiger partial charge >= 0.3 is 6.09 Å². The lowest BCUT2D eigenvalue weighted by Crippen LogP contribution is -2.47. The number of unbranched alkanes of at least 4 members (excludes halogenated alkanes) is 3. The van der Waals surface area contributed by atoms with Crippen LogP contribution < -0.4 is 5.32 Å². The van der Waals surface area contributed by atoms with E-state index in [-0.39, 0.29) is 17.4 Å². The number of halogens is 1. The van der Waals surface area contributed by atoms with Crippen molar-refractivity contribution in [1.29, 1.82) is 0 Å². The van der Waals surface area contributed by atoms with E-state index in [0.29, 0.717) is 23.4 Å². The summed E-state index contributed by atoms with van der Waals surface area (Å²) in [5.41, 5.74) is 0.0838. The van der Waals surface area contributed by atoms with Crippen LogP contribution in [0.4, 0.5) is 10.6 Å². The molecule has 1 saturated heterocycles. The van der Waals surface area contributed by atoms with Crippen LogP contribution in [0, 0.1) is 5.41 Å². The third-order valence-electron chi connectivity index (χ3n) is 6.71. The summed E-state index contributed by atoms with van der Waals surface area (Å²) in [7, 11) is 2.07. The molecular formula is C27H39BrN4O3. The number of carbonyl (C=O) groups excluding carboxylic acids is 2. The number of allylic oxidation sites excluding steroid dienone is 1. The number of nitrogens with one attached hydrogen (secondary N) is 1. The van der Waals surface area contributed by atoms with Crippen LogP contribution in [-0.2, 0) is 16.1 Å². The molecule has 1 aliphatic heterocycles. The molecule has 2 heterocycles. The SMILES string of the molecule is C=CCCCCCN(C)Cc1ccc(Br)nc1NC(=O)[C@@H]1C[C@@]2(C=C)C[C@H]2N1C(=O)OC(C)(C)C. The number of pyridine rings is 1. The van der Waals surface area contributed by atoms with Crippen molar-refractivity contribution in [1.82, 2.24) is 14.8 Å². The second-order valence-electron chi connectivity index (χ2n) is 10.8. The molecule has 0 unspecified atom stereocenters. The molecule has 1 aromatic heterocycles. The van der Waals surface area contributed by atoms with Gasteiger partial charge in [0.05, 0.1) is 0 Å². The number of piperidine rings is 1. The molecule has 1 N–H and O–H groups in total. The maximum atomic E-state index is 13.5. The molecule has 35 heavy (non-hydrogen) atoms.